The van der Waals surface area contributed by atoms with E-state index >= 15 is 0 Å². The second-order valence-electron chi connectivity index (χ2n) is 3.54. The average molecular weight is 196 g/mol. The van der Waals surface area contributed by atoms with E-state index in [0.717, 1.165) is 6.26 Å². The highest BCUT2D eigenvalue weighted by Gasteiger charge is 2.23. The Kier molecular flexibility index (Phi) is 3.68. The molecule has 74 valence electrons. The predicted molar refractivity (Wildman–Crippen MR) is 46.3 cm³/mol. The van der Waals surface area contributed by atoms with E-state index in [1.807, 2.05) is 0 Å². The van der Waals surface area contributed by atoms with Gasteiger partial charge in [-0.25, -0.2) is 0 Å². The molecule has 0 aromatic rings. The zero-order valence-corrected chi connectivity index (χ0v) is 8.68. The lowest BCUT2D eigenvalue weighted by molar-refractivity contribution is 0.00629. The minimum absolute atomic E-state index is 0.0162. The summed E-state index contributed by atoms with van der Waals surface area (Å²) in [4.78, 5) is 0. The van der Waals surface area contributed by atoms with E-state index in [1.165, 1.54) is 0 Å². The molecule has 0 aromatic carbocycles. The molecule has 0 saturated heterocycles. The van der Waals surface area contributed by atoms with E-state index < -0.39 is 15.7 Å². The van der Waals surface area contributed by atoms with Crippen molar-refractivity contribution < 1.29 is 17.7 Å². The molecule has 1 unspecified atom stereocenters. The fourth-order valence-corrected chi connectivity index (χ4v) is 0.881. The first-order valence-electron chi connectivity index (χ1n) is 3.69. The van der Waals surface area contributed by atoms with Gasteiger partial charge in [0, 0.05) is 5.92 Å². The quantitative estimate of drug-likeness (QED) is 0.660. The van der Waals surface area contributed by atoms with Crippen LogP contribution in [0.4, 0.5) is 0 Å². The summed E-state index contributed by atoms with van der Waals surface area (Å²) in [6.07, 6.45) is 0.990. The number of rotatable bonds is 4. The van der Waals surface area contributed by atoms with Gasteiger partial charge in [-0.3, -0.25) is 4.18 Å². The van der Waals surface area contributed by atoms with Gasteiger partial charge in [0.1, 0.15) is 0 Å². The van der Waals surface area contributed by atoms with Gasteiger partial charge < -0.3 is 5.11 Å². The van der Waals surface area contributed by atoms with Gasteiger partial charge in [0.25, 0.3) is 10.1 Å². The molecule has 0 saturated carbocycles. The number of hydrogen-bond acceptors (Lipinski definition) is 4. The Bertz CT molecular complexity index is 224. The van der Waals surface area contributed by atoms with E-state index in [4.69, 9.17) is 0 Å². The van der Waals surface area contributed by atoms with Crippen LogP contribution in [-0.4, -0.2) is 32.0 Å². The standard InChI is InChI=1S/C7H16O4S/c1-6(7(2,3)8)5-11-12(4,9)10/h6,8H,5H2,1-4H3. The minimum Gasteiger partial charge on any atom is -0.390 e. The van der Waals surface area contributed by atoms with Gasteiger partial charge in [-0.1, -0.05) is 6.92 Å². The Labute approximate surface area is 73.7 Å². The maximum Gasteiger partial charge on any atom is 0.264 e. The second-order valence-corrected chi connectivity index (χ2v) is 5.19. The summed E-state index contributed by atoms with van der Waals surface area (Å²) in [6, 6.07) is 0. The maximum atomic E-state index is 10.6. The summed E-state index contributed by atoms with van der Waals surface area (Å²) in [7, 11) is -3.39. The van der Waals surface area contributed by atoms with E-state index in [9.17, 15) is 13.5 Å². The third kappa shape index (κ3) is 5.51. The van der Waals surface area contributed by atoms with Crippen LogP contribution in [0.5, 0.6) is 0 Å². The molecule has 4 nitrogen and oxygen atoms in total. The summed E-state index contributed by atoms with van der Waals surface area (Å²) in [5.74, 6) is -0.216. The Morgan fingerprint density at radius 3 is 2.17 bits per heavy atom. The molecule has 0 bridgehead atoms. The SMILES string of the molecule is CC(COS(C)(=O)=O)C(C)(C)O. The summed E-state index contributed by atoms with van der Waals surface area (Å²) >= 11 is 0. The van der Waals surface area contributed by atoms with Gasteiger partial charge >= 0.3 is 0 Å². The van der Waals surface area contributed by atoms with Crippen LogP contribution in [-0.2, 0) is 14.3 Å². The molecule has 0 rings (SSSR count). The van der Waals surface area contributed by atoms with Crippen molar-refractivity contribution in [2.75, 3.05) is 12.9 Å². The van der Waals surface area contributed by atoms with Gasteiger partial charge in [-0.05, 0) is 13.8 Å². The Hall–Kier alpha value is -0.130. The van der Waals surface area contributed by atoms with Crippen molar-refractivity contribution in [3.05, 3.63) is 0 Å². The molecule has 0 aliphatic rings. The van der Waals surface area contributed by atoms with Gasteiger partial charge in [0.15, 0.2) is 0 Å². The molecule has 0 amide bonds. The second kappa shape index (κ2) is 3.72. The highest BCUT2D eigenvalue weighted by molar-refractivity contribution is 7.85. The lowest BCUT2D eigenvalue weighted by Gasteiger charge is -2.24. The highest BCUT2D eigenvalue weighted by atomic mass is 32.2. The average Bonchev–Trinajstić information content (AvgIpc) is 1.78. The first kappa shape index (κ1) is 11.9. The first-order valence-corrected chi connectivity index (χ1v) is 5.51. The number of aliphatic hydroxyl groups is 1. The summed E-state index contributed by atoms with van der Waals surface area (Å²) in [5.41, 5.74) is -0.912. The summed E-state index contributed by atoms with van der Waals surface area (Å²) in [5, 5.41) is 9.41. The molecule has 5 heteroatoms. The maximum absolute atomic E-state index is 10.6. The van der Waals surface area contributed by atoms with Crippen molar-refractivity contribution in [1.82, 2.24) is 0 Å². The van der Waals surface area contributed by atoms with E-state index in [-0.39, 0.29) is 12.5 Å². The van der Waals surface area contributed by atoms with Crippen LogP contribution in [0, 0.1) is 5.92 Å². The molecule has 1 N–H and O–H groups in total. The van der Waals surface area contributed by atoms with Gasteiger partial charge in [0.2, 0.25) is 0 Å². The van der Waals surface area contributed by atoms with Crippen molar-refractivity contribution >= 4 is 10.1 Å². The molecule has 1 atom stereocenters. The monoisotopic (exact) mass is 196 g/mol. The van der Waals surface area contributed by atoms with E-state index in [1.54, 1.807) is 20.8 Å². The fourth-order valence-electron chi connectivity index (χ4n) is 0.430. The van der Waals surface area contributed by atoms with Gasteiger partial charge in [-0.2, -0.15) is 8.42 Å². The molecule has 0 heterocycles. The largest absolute Gasteiger partial charge is 0.390 e. The van der Waals surface area contributed by atoms with Crippen molar-refractivity contribution in [3.8, 4) is 0 Å². The van der Waals surface area contributed by atoms with Crippen molar-refractivity contribution in [2.45, 2.75) is 26.4 Å². The predicted octanol–water partition coefficient (Wildman–Crippen LogP) is 0.370. The zero-order chi connectivity index (χ0) is 9.99. The smallest absolute Gasteiger partial charge is 0.264 e. The van der Waals surface area contributed by atoms with Crippen LogP contribution in [0.25, 0.3) is 0 Å². The Morgan fingerprint density at radius 2 is 1.92 bits per heavy atom. The Morgan fingerprint density at radius 1 is 1.50 bits per heavy atom. The van der Waals surface area contributed by atoms with Crippen LogP contribution in [0.2, 0.25) is 0 Å². The van der Waals surface area contributed by atoms with E-state index in [2.05, 4.69) is 4.18 Å². The molecule has 0 aromatic heterocycles. The molecular formula is C7H16O4S. The van der Waals surface area contributed by atoms with Crippen LogP contribution in [0.15, 0.2) is 0 Å². The fraction of sp³-hybridized carbons (Fsp3) is 1.00. The first-order chi connectivity index (χ1) is 5.13. The number of hydrogen-bond donors (Lipinski definition) is 1. The minimum atomic E-state index is -3.39. The van der Waals surface area contributed by atoms with Crippen LogP contribution in [0.1, 0.15) is 20.8 Å². The molecule has 0 spiro atoms. The van der Waals surface area contributed by atoms with Crippen molar-refractivity contribution in [3.63, 3.8) is 0 Å². The van der Waals surface area contributed by atoms with Gasteiger partial charge in [-0.15, -0.1) is 0 Å². The zero-order valence-electron chi connectivity index (χ0n) is 7.86. The topological polar surface area (TPSA) is 63.6 Å². The third-order valence-corrected chi connectivity index (χ3v) is 2.30. The third-order valence-electron chi connectivity index (χ3n) is 1.74. The van der Waals surface area contributed by atoms with Gasteiger partial charge in [0.05, 0.1) is 18.5 Å². The molecule has 0 fully saturated rings. The normalized spacial score (nSPS) is 16.1. The van der Waals surface area contributed by atoms with Crippen LogP contribution >= 0.6 is 0 Å². The Balaban J connectivity index is 3.97. The lowest BCUT2D eigenvalue weighted by Crippen LogP contribution is -2.32. The molecule has 0 aliphatic carbocycles. The van der Waals surface area contributed by atoms with Crippen LogP contribution < -0.4 is 0 Å². The molecule has 0 aliphatic heterocycles. The molecule has 0 radical (unpaired) electrons. The van der Waals surface area contributed by atoms with E-state index in [0.29, 0.717) is 0 Å². The van der Waals surface area contributed by atoms with Crippen LogP contribution in [0.3, 0.4) is 0 Å². The van der Waals surface area contributed by atoms with Crippen molar-refractivity contribution in [2.24, 2.45) is 5.92 Å². The summed E-state index contributed by atoms with van der Waals surface area (Å²) < 4.78 is 25.6. The van der Waals surface area contributed by atoms with Crippen molar-refractivity contribution in [1.29, 1.82) is 0 Å². The molecular weight excluding hydrogens is 180 g/mol. The summed E-state index contributed by atoms with van der Waals surface area (Å²) in [6.45, 7) is 4.97. The highest BCUT2D eigenvalue weighted by Crippen LogP contribution is 2.16. The molecule has 12 heavy (non-hydrogen) atoms. The lowest BCUT2D eigenvalue weighted by atomic mass is 9.94.